The zero-order valence-corrected chi connectivity index (χ0v) is 10.5. The molecule has 0 amide bonds. The maximum atomic E-state index is 13.6. The van der Waals surface area contributed by atoms with E-state index in [1.165, 1.54) is 12.1 Å². The third kappa shape index (κ3) is 2.68. The van der Waals surface area contributed by atoms with Gasteiger partial charge in [0.25, 0.3) is 9.05 Å². The second-order valence-corrected chi connectivity index (χ2v) is 6.15. The third-order valence-corrected chi connectivity index (χ3v) is 3.73. The van der Waals surface area contributed by atoms with Crippen molar-refractivity contribution in [2.24, 2.45) is 0 Å². The van der Waals surface area contributed by atoms with Crippen LogP contribution in [0.3, 0.4) is 0 Å². The summed E-state index contributed by atoms with van der Waals surface area (Å²) in [7, 11) is 1.26. The molecule has 2 rings (SSSR count). The van der Waals surface area contributed by atoms with E-state index in [0.29, 0.717) is 5.56 Å². The lowest BCUT2D eigenvalue weighted by atomic mass is 10.1. The van der Waals surface area contributed by atoms with Crippen LogP contribution in [0.1, 0.15) is 0 Å². The molecular formula is C12H7ClF2O2S. The smallest absolute Gasteiger partial charge is 0.207 e. The summed E-state index contributed by atoms with van der Waals surface area (Å²) in [6.07, 6.45) is 0. The summed E-state index contributed by atoms with van der Waals surface area (Å²) < 4.78 is 48.7. The van der Waals surface area contributed by atoms with Crippen molar-refractivity contribution in [2.45, 2.75) is 4.90 Å². The van der Waals surface area contributed by atoms with Gasteiger partial charge in [-0.05, 0) is 35.9 Å². The molecule has 2 aromatic rings. The van der Waals surface area contributed by atoms with Gasteiger partial charge in [-0.25, -0.2) is 17.2 Å². The first kappa shape index (κ1) is 13.0. The normalized spacial score (nSPS) is 11.5. The Balaban J connectivity index is 2.60. The third-order valence-electron chi connectivity index (χ3n) is 2.37. The van der Waals surface area contributed by atoms with E-state index < -0.39 is 20.7 Å². The van der Waals surface area contributed by atoms with E-state index in [1.807, 2.05) is 0 Å². The molecule has 0 saturated carbocycles. The van der Waals surface area contributed by atoms with E-state index in [9.17, 15) is 17.2 Å². The van der Waals surface area contributed by atoms with Crippen LogP contribution in [-0.2, 0) is 9.05 Å². The van der Waals surface area contributed by atoms with Gasteiger partial charge in [0.1, 0.15) is 11.6 Å². The molecule has 0 saturated heterocycles. The standard InChI is InChI=1S/C12H7ClF2O2S/c13-18(16,17)10-5-6-12(15)11(7-10)8-1-3-9(14)4-2-8/h1-7H. The molecule has 0 fully saturated rings. The van der Waals surface area contributed by atoms with Gasteiger partial charge in [0.2, 0.25) is 0 Å². The van der Waals surface area contributed by atoms with Crippen molar-refractivity contribution < 1.29 is 17.2 Å². The SMILES string of the molecule is O=S(=O)(Cl)c1ccc(F)c(-c2ccc(F)cc2)c1. The highest BCUT2D eigenvalue weighted by atomic mass is 35.7. The van der Waals surface area contributed by atoms with E-state index in [1.54, 1.807) is 0 Å². The maximum absolute atomic E-state index is 13.6. The van der Waals surface area contributed by atoms with Gasteiger partial charge in [-0.3, -0.25) is 0 Å². The van der Waals surface area contributed by atoms with Gasteiger partial charge in [-0.15, -0.1) is 0 Å². The van der Waals surface area contributed by atoms with Crippen molar-refractivity contribution in [3.63, 3.8) is 0 Å². The van der Waals surface area contributed by atoms with Crippen molar-refractivity contribution in [2.75, 3.05) is 0 Å². The Morgan fingerprint density at radius 3 is 2.11 bits per heavy atom. The van der Waals surface area contributed by atoms with E-state index in [0.717, 1.165) is 30.3 Å². The van der Waals surface area contributed by atoms with Crippen molar-refractivity contribution in [3.8, 4) is 11.1 Å². The first-order chi connectivity index (χ1) is 8.38. The Morgan fingerprint density at radius 2 is 1.56 bits per heavy atom. The number of hydrogen-bond acceptors (Lipinski definition) is 2. The molecule has 0 N–H and O–H groups in total. The van der Waals surface area contributed by atoms with Gasteiger partial charge in [-0.2, -0.15) is 0 Å². The Kier molecular flexibility index (Phi) is 3.36. The summed E-state index contributed by atoms with van der Waals surface area (Å²) in [6.45, 7) is 0. The molecule has 0 radical (unpaired) electrons. The molecule has 0 unspecified atom stereocenters. The Morgan fingerprint density at radius 1 is 0.944 bits per heavy atom. The largest absolute Gasteiger partial charge is 0.261 e. The van der Waals surface area contributed by atoms with Crippen LogP contribution < -0.4 is 0 Å². The second kappa shape index (κ2) is 4.66. The molecular weight excluding hydrogens is 282 g/mol. The zero-order chi connectivity index (χ0) is 13.3. The molecule has 18 heavy (non-hydrogen) atoms. The summed E-state index contributed by atoms with van der Waals surface area (Å²) in [5.41, 5.74) is 0.424. The lowest BCUT2D eigenvalue weighted by Crippen LogP contribution is -1.93. The van der Waals surface area contributed by atoms with Crippen molar-refractivity contribution >= 4 is 19.7 Å². The first-order valence-electron chi connectivity index (χ1n) is 4.88. The van der Waals surface area contributed by atoms with Crippen LogP contribution in [-0.4, -0.2) is 8.42 Å². The quantitative estimate of drug-likeness (QED) is 0.792. The van der Waals surface area contributed by atoms with E-state index in [-0.39, 0.29) is 10.5 Å². The van der Waals surface area contributed by atoms with E-state index >= 15 is 0 Å². The summed E-state index contributed by atoms with van der Waals surface area (Å²) in [6, 6.07) is 8.24. The average molecular weight is 289 g/mol. The molecule has 0 aliphatic carbocycles. The van der Waals surface area contributed by atoms with Crippen LogP contribution in [0, 0.1) is 11.6 Å². The maximum Gasteiger partial charge on any atom is 0.261 e. The van der Waals surface area contributed by atoms with Crippen LogP contribution in [0.25, 0.3) is 11.1 Å². The average Bonchev–Trinajstić information content (AvgIpc) is 2.29. The van der Waals surface area contributed by atoms with Gasteiger partial charge in [0.05, 0.1) is 4.90 Å². The highest BCUT2D eigenvalue weighted by Gasteiger charge is 2.14. The zero-order valence-electron chi connectivity index (χ0n) is 8.90. The van der Waals surface area contributed by atoms with Crippen LogP contribution >= 0.6 is 10.7 Å². The lowest BCUT2D eigenvalue weighted by molar-refractivity contribution is 0.608. The molecule has 0 atom stereocenters. The Labute approximate surface area is 107 Å². The molecule has 0 aliphatic heterocycles. The fourth-order valence-corrected chi connectivity index (χ4v) is 2.28. The monoisotopic (exact) mass is 288 g/mol. The molecule has 2 nitrogen and oxygen atoms in total. The minimum absolute atomic E-state index is 0.0525. The molecule has 0 aliphatic rings. The van der Waals surface area contributed by atoms with Crippen molar-refractivity contribution in [1.82, 2.24) is 0 Å². The van der Waals surface area contributed by atoms with Gasteiger partial charge in [0, 0.05) is 16.2 Å². The van der Waals surface area contributed by atoms with Gasteiger partial charge < -0.3 is 0 Å². The van der Waals surface area contributed by atoms with Crippen LogP contribution in [0.5, 0.6) is 0 Å². The predicted molar refractivity (Wildman–Crippen MR) is 64.8 cm³/mol. The van der Waals surface area contributed by atoms with Crippen LogP contribution in [0.2, 0.25) is 0 Å². The minimum atomic E-state index is -3.93. The molecule has 6 heteroatoms. The van der Waals surface area contributed by atoms with E-state index in [4.69, 9.17) is 10.7 Å². The number of halogens is 3. The van der Waals surface area contributed by atoms with Crippen molar-refractivity contribution in [1.29, 1.82) is 0 Å². The Bertz CT molecular complexity index is 682. The summed E-state index contributed by atoms with van der Waals surface area (Å²) in [4.78, 5) is -0.204. The molecule has 0 heterocycles. The molecule has 0 spiro atoms. The summed E-state index contributed by atoms with van der Waals surface area (Å²) in [5.74, 6) is -1.06. The van der Waals surface area contributed by atoms with Gasteiger partial charge in [0.15, 0.2) is 0 Å². The number of rotatable bonds is 2. The minimum Gasteiger partial charge on any atom is -0.207 e. The fraction of sp³-hybridized carbons (Fsp3) is 0. The first-order valence-corrected chi connectivity index (χ1v) is 7.19. The highest BCUT2D eigenvalue weighted by molar-refractivity contribution is 8.13. The fourth-order valence-electron chi connectivity index (χ4n) is 1.51. The highest BCUT2D eigenvalue weighted by Crippen LogP contribution is 2.27. The van der Waals surface area contributed by atoms with E-state index in [2.05, 4.69) is 0 Å². The Hall–Kier alpha value is -1.46. The van der Waals surface area contributed by atoms with Gasteiger partial charge >= 0.3 is 0 Å². The number of benzene rings is 2. The number of hydrogen-bond donors (Lipinski definition) is 0. The van der Waals surface area contributed by atoms with Crippen LogP contribution in [0.15, 0.2) is 47.4 Å². The van der Waals surface area contributed by atoms with Gasteiger partial charge in [-0.1, -0.05) is 12.1 Å². The predicted octanol–water partition coefficient (Wildman–Crippen LogP) is 3.56. The molecule has 94 valence electrons. The summed E-state index contributed by atoms with van der Waals surface area (Å²) in [5, 5.41) is 0. The topological polar surface area (TPSA) is 34.1 Å². The lowest BCUT2D eigenvalue weighted by Gasteiger charge is -2.05. The molecule has 0 bridgehead atoms. The second-order valence-electron chi connectivity index (χ2n) is 3.59. The van der Waals surface area contributed by atoms with Crippen LogP contribution in [0.4, 0.5) is 8.78 Å². The molecule has 2 aromatic carbocycles. The molecule has 0 aromatic heterocycles. The van der Waals surface area contributed by atoms with Crippen molar-refractivity contribution in [3.05, 3.63) is 54.1 Å². The summed E-state index contributed by atoms with van der Waals surface area (Å²) >= 11 is 0.